The zero-order valence-corrected chi connectivity index (χ0v) is 18.6. The first kappa shape index (κ1) is 21.9. The summed E-state index contributed by atoms with van der Waals surface area (Å²) in [6.45, 7) is 4.48. The fourth-order valence-electron chi connectivity index (χ4n) is 4.52. The van der Waals surface area contributed by atoms with Crippen molar-refractivity contribution in [2.75, 3.05) is 6.61 Å². The summed E-state index contributed by atoms with van der Waals surface area (Å²) >= 11 is 0. The summed E-state index contributed by atoms with van der Waals surface area (Å²) < 4.78 is 11.7. The van der Waals surface area contributed by atoms with Gasteiger partial charge in [0.1, 0.15) is 12.4 Å². The zero-order chi connectivity index (χ0) is 22.5. The van der Waals surface area contributed by atoms with E-state index in [4.69, 9.17) is 9.47 Å². The quantitative estimate of drug-likeness (QED) is 0.612. The number of ether oxygens (including phenoxy) is 2. The first-order valence-electron chi connectivity index (χ1n) is 11.3. The normalized spacial score (nSPS) is 18.2. The minimum Gasteiger partial charge on any atom is -0.489 e. The molecule has 0 aromatic heterocycles. The van der Waals surface area contributed by atoms with Gasteiger partial charge in [-0.1, -0.05) is 55.5 Å². The molecule has 4 rings (SSSR count). The van der Waals surface area contributed by atoms with Crippen LogP contribution in [0.15, 0.2) is 77.1 Å². The monoisotopic (exact) mass is 431 g/mol. The molecule has 0 unspecified atom stereocenters. The van der Waals surface area contributed by atoms with E-state index in [1.807, 2.05) is 61.5 Å². The molecule has 0 fully saturated rings. The summed E-state index contributed by atoms with van der Waals surface area (Å²) in [5.41, 5.74) is 4.80. The first-order valence-corrected chi connectivity index (χ1v) is 11.3. The van der Waals surface area contributed by atoms with Gasteiger partial charge in [0.25, 0.3) is 0 Å². The molecule has 166 valence electrons. The van der Waals surface area contributed by atoms with Gasteiger partial charge in [-0.3, -0.25) is 4.79 Å². The molecule has 2 aromatic rings. The second kappa shape index (κ2) is 9.86. The van der Waals surface area contributed by atoms with Gasteiger partial charge in [-0.15, -0.1) is 0 Å². The Kier molecular flexibility index (Phi) is 6.74. The van der Waals surface area contributed by atoms with Gasteiger partial charge in [0.15, 0.2) is 5.78 Å². The van der Waals surface area contributed by atoms with Crippen LogP contribution in [0.5, 0.6) is 5.75 Å². The predicted octanol–water partition coefficient (Wildman–Crippen LogP) is 5.19. The van der Waals surface area contributed by atoms with E-state index in [1.54, 1.807) is 6.92 Å². The topological polar surface area (TPSA) is 64.6 Å². The van der Waals surface area contributed by atoms with Crippen LogP contribution >= 0.6 is 0 Å². The molecule has 0 saturated heterocycles. The van der Waals surface area contributed by atoms with Crippen LogP contribution in [0, 0.1) is 0 Å². The molecule has 2 aliphatic rings. The molecule has 0 bridgehead atoms. The number of allylic oxidation sites excluding steroid dienone is 3. The van der Waals surface area contributed by atoms with Crippen molar-refractivity contribution in [1.82, 2.24) is 5.32 Å². The van der Waals surface area contributed by atoms with Crippen molar-refractivity contribution in [1.29, 1.82) is 0 Å². The number of ketones is 1. The van der Waals surface area contributed by atoms with Crippen molar-refractivity contribution in [3.8, 4) is 5.75 Å². The van der Waals surface area contributed by atoms with E-state index >= 15 is 0 Å². The molecule has 1 N–H and O–H groups in total. The van der Waals surface area contributed by atoms with Gasteiger partial charge in [-0.2, -0.15) is 0 Å². The van der Waals surface area contributed by atoms with E-state index in [0.29, 0.717) is 36.3 Å². The average Bonchev–Trinajstić information content (AvgIpc) is 2.82. The average molecular weight is 432 g/mol. The van der Waals surface area contributed by atoms with E-state index < -0.39 is 5.92 Å². The third-order valence-electron chi connectivity index (χ3n) is 5.98. The Morgan fingerprint density at radius 2 is 1.78 bits per heavy atom. The number of benzene rings is 2. The largest absolute Gasteiger partial charge is 0.489 e. The van der Waals surface area contributed by atoms with Gasteiger partial charge in [-0.25, -0.2) is 4.79 Å². The van der Waals surface area contributed by atoms with Crippen molar-refractivity contribution >= 4 is 11.8 Å². The van der Waals surface area contributed by atoms with E-state index in [9.17, 15) is 9.59 Å². The van der Waals surface area contributed by atoms with Crippen molar-refractivity contribution in [3.05, 3.63) is 88.3 Å². The third-order valence-corrected chi connectivity index (χ3v) is 5.98. The first-order chi connectivity index (χ1) is 15.6. The third kappa shape index (κ3) is 4.33. The predicted molar refractivity (Wildman–Crippen MR) is 123 cm³/mol. The number of carbonyl (C=O) groups is 2. The van der Waals surface area contributed by atoms with Crippen LogP contribution in [-0.2, 0) is 20.9 Å². The number of nitrogens with one attached hydrogen (secondary N) is 1. The smallest absolute Gasteiger partial charge is 0.336 e. The summed E-state index contributed by atoms with van der Waals surface area (Å²) in [5.74, 6) is -0.131. The highest BCUT2D eigenvalue weighted by molar-refractivity contribution is 6.04. The zero-order valence-electron chi connectivity index (χ0n) is 18.6. The number of carbonyl (C=O) groups excluding carboxylic acids is 2. The maximum absolute atomic E-state index is 13.1. The van der Waals surface area contributed by atoms with Crippen LogP contribution in [-0.4, -0.2) is 18.4 Å². The van der Waals surface area contributed by atoms with E-state index in [-0.39, 0.29) is 18.4 Å². The lowest BCUT2D eigenvalue weighted by Crippen LogP contribution is -2.35. The molecule has 1 aliphatic heterocycles. The highest BCUT2D eigenvalue weighted by atomic mass is 16.5. The van der Waals surface area contributed by atoms with Gasteiger partial charge in [0.05, 0.1) is 18.1 Å². The lowest BCUT2D eigenvalue weighted by atomic mass is 9.74. The highest BCUT2D eigenvalue weighted by Gasteiger charge is 2.40. The van der Waals surface area contributed by atoms with E-state index in [0.717, 1.165) is 35.4 Å². The maximum Gasteiger partial charge on any atom is 0.336 e. The summed E-state index contributed by atoms with van der Waals surface area (Å²) in [6, 6.07) is 17.6. The van der Waals surface area contributed by atoms with Crippen LogP contribution in [0.4, 0.5) is 0 Å². The molecule has 5 heteroatoms. The van der Waals surface area contributed by atoms with Crippen LogP contribution in [0.1, 0.15) is 56.6 Å². The second-order valence-corrected chi connectivity index (χ2v) is 8.01. The molecule has 0 spiro atoms. The van der Waals surface area contributed by atoms with Crippen LogP contribution < -0.4 is 10.1 Å². The fourth-order valence-corrected chi connectivity index (χ4v) is 4.52. The van der Waals surface area contributed by atoms with Crippen molar-refractivity contribution < 1.29 is 19.1 Å². The maximum atomic E-state index is 13.1. The van der Waals surface area contributed by atoms with E-state index in [1.165, 1.54) is 0 Å². The summed E-state index contributed by atoms with van der Waals surface area (Å²) in [7, 11) is 0. The standard InChI is InChI=1S/C27H29NO4/c1-3-20-26(27(30)31-4-2)24(25-21(28-20)14-10-15-22(25)29)19-13-8-9-16-23(19)32-17-18-11-6-5-7-12-18/h5-9,11-13,16,24,28H,3-4,10,14-15,17H2,1-2H3/t24-/m0/s1. The molecule has 1 atom stereocenters. The Hall–Kier alpha value is -3.34. The number of hydrogen-bond donors (Lipinski definition) is 1. The van der Waals surface area contributed by atoms with Gasteiger partial charge < -0.3 is 14.8 Å². The Morgan fingerprint density at radius 1 is 1.03 bits per heavy atom. The molecule has 1 aliphatic carbocycles. The van der Waals surface area contributed by atoms with Crippen LogP contribution in [0.2, 0.25) is 0 Å². The summed E-state index contributed by atoms with van der Waals surface area (Å²) in [5, 5.41) is 3.40. The lowest BCUT2D eigenvalue weighted by Gasteiger charge is -2.35. The lowest BCUT2D eigenvalue weighted by molar-refractivity contribution is -0.138. The Morgan fingerprint density at radius 3 is 2.53 bits per heavy atom. The minimum absolute atomic E-state index is 0.0820. The number of dihydropyridines is 1. The number of hydrogen-bond acceptors (Lipinski definition) is 5. The Bertz CT molecular complexity index is 1070. The highest BCUT2D eigenvalue weighted by Crippen LogP contribution is 2.45. The summed E-state index contributed by atoms with van der Waals surface area (Å²) in [4.78, 5) is 26.2. The molecule has 0 saturated carbocycles. The van der Waals surface area contributed by atoms with Crippen molar-refractivity contribution in [2.45, 2.75) is 52.1 Å². The van der Waals surface area contributed by atoms with Gasteiger partial charge >= 0.3 is 5.97 Å². The van der Waals surface area contributed by atoms with E-state index in [2.05, 4.69) is 5.32 Å². The number of rotatable bonds is 7. The molecule has 1 heterocycles. The van der Waals surface area contributed by atoms with Gasteiger partial charge in [0, 0.05) is 29.0 Å². The molecular weight excluding hydrogens is 402 g/mol. The van der Waals surface area contributed by atoms with Gasteiger partial charge in [-0.05, 0) is 37.8 Å². The summed E-state index contributed by atoms with van der Waals surface area (Å²) in [6.07, 6.45) is 2.74. The van der Waals surface area contributed by atoms with Crippen LogP contribution in [0.3, 0.4) is 0 Å². The Balaban J connectivity index is 1.81. The Labute approximate surface area is 189 Å². The molecular formula is C27H29NO4. The molecule has 32 heavy (non-hydrogen) atoms. The van der Waals surface area contributed by atoms with Crippen LogP contribution in [0.25, 0.3) is 0 Å². The number of esters is 1. The van der Waals surface area contributed by atoms with Crippen molar-refractivity contribution in [3.63, 3.8) is 0 Å². The molecule has 2 aromatic carbocycles. The second-order valence-electron chi connectivity index (χ2n) is 8.01. The minimum atomic E-state index is -0.500. The molecule has 5 nitrogen and oxygen atoms in total. The molecule has 0 amide bonds. The fraction of sp³-hybridized carbons (Fsp3) is 0.333. The molecule has 0 radical (unpaired) electrons. The number of para-hydroxylation sites is 1. The van der Waals surface area contributed by atoms with Gasteiger partial charge in [0.2, 0.25) is 0 Å². The van der Waals surface area contributed by atoms with Crippen molar-refractivity contribution in [2.24, 2.45) is 0 Å². The number of Topliss-reactive ketones (excluding diaryl/α,β-unsaturated/α-hetero) is 1. The SMILES string of the molecule is CCOC(=O)C1=C(CC)NC2=C(C(=O)CCC2)[C@@H]1c1ccccc1OCc1ccccc1.